The van der Waals surface area contributed by atoms with Gasteiger partial charge in [-0.1, -0.05) is 42.5 Å². The third-order valence-corrected chi connectivity index (χ3v) is 16.6. The molecule has 5 rings (SSSR count). The highest BCUT2D eigenvalue weighted by molar-refractivity contribution is 6.42. The Morgan fingerprint density at radius 2 is 1.13 bits per heavy atom. The highest BCUT2D eigenvalue weighted by Gasteiger charge is 2.32. The van der Waals surface area contributed by atoms with E-state index in [0.717, 1.165) is 16.3 Å². The van der Waals surface area contributed by atoms with E-state index in [1.807, 2.05) is 42.5 Å². The fourth-order valence-electron chi connectivity index (χ4n) is 11.4. The number of carbonyl (C=O) groups is 11. The first-order valence-corrected chi connectivity index (χ1v) is 31.8. The molecule has 34 heteroatoms. The maximum atomic E-state index is 14.2. The minimum absolute atomic E-state index is 0.0610. The number of quaternary nitrogens is 1. The van der Waals surface area contributed by atoms with E-state index >= 15 is 0 Å². The van der Waals surface area contributed by atoms with Crippen LogP contribution < -0.4 is 47.8 Å². The fourth-order valence-corrected chi connectivity index (χ4v) is 11.4. The predicted molar refractivity (Wildman–Crippen MR) is 336 cm³/mol. The summed E-state index contributed by atoms with van der Waals surface area (Å²) in [6, 6.07) is 7.20. The van der Waals surface area contributed by atoms with Crippen LogP contribution >= 0.6 is 0 Å². The second-order valence-corrected chi connectivity index (χ2v) is 24.2. The Morgan fingerprint density at radius 1 is 0.596 bits per heavy atom. The molecule has 15 N–H and O–H groups in total. The first-order valence-electron chi connectivity index (χ1n) is 31.8. The van der Waals surface area contributed by atoms with Crippen molar-refractivity contribution >= 4 is 83.5 Å². The Bertz CT molecular complexity index is 2880. The molecule has 0 aromatic heterocycles. The van der Waals surface area contributed by atoms with Gasteiger partial charge in [-0.05, 0) is 92.9 Å². The number of fused-ring (bicyclic) bond motifs is 1. The van der Waals surface area contributed by atoms with Crippen LogP contribution in [0.1, 0.15) is 82.6 Å². The molecule has 31 nitrogen and oxygen atoms in total. The largest absolute Gasteiger partial charge is 0.592 e. The van der Waals surface area contributed by atoms with Gasteiger partial charge in [-0.15, -0.1) is 5.53 Å². The van der Waals surface area contributed by atoms with E-state index in [1.165, 1.54) is 0 Å². The quantitative estimate of drug-likeness (QED) is 0.0254. The zero-order valence-electron chi connectivity index (χ0n) is 53.0. The number of nitrogens with zero attached hydrogens (tertiary/aromatic N) is 5. The van der Waals surface area contributed by atoms with Crippen LogP contribution in [0.2, 0.25) is 0 Å². The Labute approximate surface area is 543 Å². The van der Waals surface area contributed by atoms with Gasteiger partial charge in [-0.3, -0.25) is 71.6 Å². The molecule has 2 aromatic carbocycles. The minimum Gasteiger partial charge on any atom is -0.481 e. The summed E-state index contributed by atoms with van der Waals surface area (Å²) < 4.78 is 26.0. The van der Waals surface area contributed by atoms with Crippen LogP contribution in [0, 0.1) is 11.8 Å². The lowest BCUT2D eigenvalue weighted by atomic mass is 9.81. The second-order valence-electron chi connectivity index (χ2n) is 24.2. The predicted octanol–water partition coefficient (Wildman–Crippen LogP) is -2.08. The van der Waals surface area contributed by atoms with Crippen molar-refractivity contribution in [2.45, 2.75) is 108 Å². The highest BCUT2D eigenvalue weighted by atomic mass is 19.2. The maximum absolute atomic E-state index is 14.2. The number of hydrazine groups is 2. The molecule has 0 radical (unpaired) electrons. The molecule has 1 saturated heterocycles. The monoisotopic (exact) mass is 1330 g/mol. The molecule has 1 saturated carbocycles. The number of amides is 6. The summed E-state index contributed by atoms with van der Waals surface area (Å²) in [7, 11) is -0.805. The number of halogens is 2. The Morgan fingerprint density at radius 3 is 1.68 bits per heavy atom. The highest BCUT2D eigenvalue weighted by Crippen LogP contribution is 2.29. The van der Waals surface area contributed by atoms with Crippen molar-refractivity contribution in [1.82, 2.24) is 67.5 Å². The summed E-state index contributed by atoms with van der Waals surface area (Å²) >= 11 is 0. The molecule has 2 fully saturated rings. The van der Waals surface area contributed by atoms with E-state index < -0.39 is 110 Å². The van der Waals surface area contributed by atoms with Crippen LogP contribution in [0.3, 0.4) is 0 Å². The van der Waals surface area contributed by atoms with Crippen molar-refractivity contribution in [1.29, 1.82) is 0 Å². The number of aliphatic carboxylic acids is 6. The summed E-state index contributed by atoms with van der Waals surface area (Å²) in [6.07, 6.45) is 4.09. The van der Waals surface area contributed by atoms with Crippen molar-refractivity contribution in [2.24, 2.45) is 11.8 Å². The van der Waals surface area contributed by atoms with Gasteiger partial charge in [-0.25, -0.2) is 14.4 Å². The van der Waals surface area contributed by atoms with Gasteiger partial charge < -0.3 is 72.9 Å². The standard InChI is InChI=1S/C60H91BF2N14O17/c1-72(39-61(62)63)33-45-34-77(71-70-45)21-7-5-10-46(66-50(78)35-73-22-24-74(36-52(81)82)26-28-76(38-54(85)86)29-27-75(25-23-73)37-53(83)84)56(88)65-32-40-12-16-43(17-13-40)55(87)67-49(31-41-14-15-42-8-2-3-9-44(42)30-41)57(89)64-20-6-4-11-47(58(90)91)68-60(94)69-48(59(92)93)18-19-51(79)80/h2-3,8-9,14-15,30,34,40,43,46-49,70-71H,4-7,10-13,16-29,31-33,35-39H2,1H3,(H,64,89)(H,65,88)(H,66,78)(H,67,87)(H,79,80)(H,81,82)(H,83,84)(H,85,86)(H,90,91)(H,92,93)(H2,68,69,94)/p+1/t40?,43?,46-,47-,48-,49-/m0/s1. The number of benzene rings is 2. The summed E-state index contributed by atoms with van der Waals surface area (Å²) in [5, 5.41) is 76.7. The average molecular weight is 1330 g/mol. The molecule has 1 aliphatic carbocycles. The third kappa shape index (κ3) is 29.3. The minimum atomic E-state index is -2.46. The van der Waals surface area contributed by atoms with Gasteiger partial charge in [0, 0.05) is 97.0 Å². The number of hydrogen-bond donors (Lipinski definition) is 15. The average Bonchev–Trinajstić information content (AvgIpc) is 1.06. The summed E-state index contributed by atoms with van der Waals surface area (Å²) in [5.74, 6) is -9.83. The van der Waals surface area contributed by atoms with Gasteiger partial charge in [0.1, 0.15) is 37.2 Å². The second kappa shape index (κ2) is 40.1. The summed E-state index contributed by atoms with van der Waals surface area (Å²) in [6.45, 7) is 1.22. The molecule has 2 aromatic rings. The van der Waals surface area contributed by atoms with Crippen LogP contribution in [0.15, 0.2) is 54.4 Å². The lowest BCUT2D eigenvalue weighted by Crippen LogP contribution is -3.10. The van der Waals surface area contributed by atoms with Crippen molar-refractivity contribution in [3.8, 4) is 0 Å². The zero-order chi connectivity index (χ0) is 68.7. The third-order valence-electron chi connectivity index (χ3n) is 16.6. The Kier molecular flexibility index (Phi) is 32.6. The molecular weight excluding hydrogens is 1240 g/mol. The van der Waals surface area contributed by atoms with Crippen LogP contribution in [0.25, 0.3) is 10.8 Å². The van der Waals surface area contributed by atoms with Gasteiger partial charge in [-0.2, -0.15) is 0 Å². The number of urea groups is 1. The van der Waals surface area contributed by atoms with E-state index in [2.05, 4.69) is 42.9 Å². The molecule has 2 aliphatic heterocycles. The van der Waals surface area contributed by atoms with Gasteiger partial charge in [0.05, 0.1) is 38.9 Å². The van der Waals surface area contributed by atoms with Crippen LogP contribution in [0.5, 0.6) is 0 Å². The van der Waals surface area contributed by atoms with Crippen molar-refractivity contribution in [3.05, 3.63) is 59.9 Å². The first kappa shape index (κ1) is 76.4. The van der Waals surface area contributed by atoms with Gasteiger partial charge in [0.15, 0.2) is 0 Å². The molecule has 0 bridgehead atoms. The molecule has 5 atom stereocenters. The van der Waals surface area contributed by atoms with Crippen LogP contribution in [-0.4, -0.2) is 270 Å². The number of carboxylic acid groups (broad SMARTS) is 6. The normalized spacial score (nSPS) is 18.6. The molecule has 6 amide bonds. The lowest BCUT2D eigenvalue weighted by molar-refractivity contribution is -0.864. The first-order chi connectivity index (χ1) is 44.8. The Hall–Kier alpha value is -8.31. The number of carbonyl (C=O) groups excluding carboxylic acids is 5. The molecule has 94 heavy (non-hydrogen) atoms. The number of hydrogen-bond acceptors (Lipinski definition) is 18. The topological polar surface area (TPSA) is 426 Å². The van der Waals surface area contributed by atoms with E-state index in [-0.39, 0.29) is 142 Å². The Balaban J connectivity index is 1.20. The van der Waals surface area contributed by atoms with E-state index in [9.17, 15) is 86.9 Å². The number of nitrogens with one attached hydrogen (secondary N) is 9. The van der Waals surface area contributed by atoms with Crippen molar-refractivity contribution < 1.29 is 96.9 Å². The van der Waals surface area contributed by atoms with E-state index in [4.69, 9.17) is 5.11 Å². The molecule has 3 aliphatic rings. The molecule has 0 spiro atoms. The van der Waals surface area contributed by atoms with Crippen molar-refractivity contribution in [2.75, 3.05) is 118 Å². The smallest absolute Gasteiger partial charge is 0.481 e. The SMILES string of the molecule is C[NH+](CB(F)F)CC1=CN(CCCC[C@H](NC(=O)CN2CCN(CC(=O)O)CCN(CC(=O)O)CCN(CC(=O)O)CC2)C(=O)NCC2CCC(C(=O)N[C@@H](Cc3ccc4ccccc4c3)C(=O)NCCCC[C@H](NC(=O)N[C@@H](CCC(=O)O)C(=O)O)C(=O)O)CC2)NN1. The summed E-state index contributed by atoms with van der Waals surface area (Å²) in [5.41, 5.74) is 7.46. The summed E-state index contributed by atoms with van der Waals surface area (Å²) in [4.78, 5) is 146. The van der Waals surface area contributed by atoms with Gasteiger partial charge >= 0.3 is 49.1 Å². The van der Waals surface area contributed by atoms with Crippen LogP contribution in [0.4, 0.5) is 13.4 Å². The zero-order valence-corrected chi connectivity index (χ0v) is 53.0. The van der Waals surface area contributed by atoms with E-state index in [0.29, 0.717) is 62.2 Å². The fraction of sp³-hybridized carbons (Fsp3) is 0.617. The lowest BCUT2D eigenvalue weighted by Gasteiger charge is -2.33. The molecule has 2 heterocycles. The number of rotatable bonds is 38. The maximum Gasteiger partial charge on any atom is 0.592 e. The molecule has 1 unspecified atom stereocenters. The number of unbranched alkanes of at least 4 members (excludes halogenated alkanes) is 2. The molecular formula is C60H92BF2N14O17+. The van der Waals surface area contributed by atoms with E-state index in [1.54, 1.807) is 37.9 Å². The van der Waals surface area contributed by atoms with Gasteiger partial charge in [0.2, 0.25) is 23.6 Å². The van der Waals surface area contributed by atoms with Crippen molar-refractivity contribution in [3.63, 3.8) is 0 Å². The van der Waals surface area contributed by atoms with Gasteiger partial charge in [0.25, 0.3) is 0 Å². The molecule has 520 valence electrons. The number of carboxylic acids is 6. The number of likely N-dealkylation sites (N-methyl/N-ethyl adjacent to an activating group) is 1. The van der Waals surface area contributed by atoms with Crippen LogP contribution in [-0.2, 0) is 54.4 Å².